The van der Waals surface area contributed by atoms with Crippen molar-refractivity contribution < 1.29 is 14.6 Å². The van der Waals surface area contributed by atoms with E-state index in [1.54, 1.807) is 7.11 Å². The van der Waals surface area contributed by atoms with Gasteiger partial charge in [-0.2, -0.15) is 0 Å². The van der Waals surface area contributed by atoms with Crippen LogP contribution in [-0.4, -0.2) is 23.1 Å². The Morgan fingerprint density at radius 2 is 1.50 bits per heavy atom. The van der Waals surface area contributed by atoms with Gasteiger partial charge in [-0.1, -0.05) is 91.0 Å². The quantitative estimate of drug-likeness (QED) is 0.257. The molecule has 36 heavy (non-hydrogen) atoms. The van der Waals surface area contributed by atoms with Crippen LogP contribution in [0.4, 0.5) is 0 Å². The molecule has 0 saturated carbocycles. The predicted molar refractivity (Wildman–Crippen MR) is 145 cm³/mol. The lowest BCUT2D eigenvalue weighted by molar-refractivity contribution is -0.138. The van der Waals surface area contributed by atoms with Crippen LogP contribution in [-0.2, 0) is 11.3 Å². The molecule has 1 unspecified atom stereocenters. The van der Waals surface area contributed by atoms with Gasteiger partial charge in [-0.25, -0.2) is 0 Å². The van der Waals surface area contributed by atoms with Crippen molar-refractivity contribution in [1.82, 2.24) is 4.90 Å². The summed E-state index contributed by atoms with van der Waals surface area (Å²) in [4.78, 5) is 14.5. The summed E-state index contributed by atoms with van der Waals surface area (Å²) in [5.74, 6) is 0.0182. The average Bonchev–Trinajstić information content (AvgIpc) is 2.91. The van der Waals surface area contributed by atoms with E-state index in [1.807, 2.05) is 60.7 Å². The van der Waals surface area contributed by atoms with E-state index in [1.165, 1.54) is 0 Å². The smallest absolute Gasteiger partial charge is 0.305 e. The zero-order chi connectivity index (χ0) is 25.5. The first-order chi connectivity index (χ1) is 17.5. The number of aliphatic carboxylic acids is 1. The minimum Gasteiger partial charge on any atom is -0.496 e. The third-order valence-corrected chi connectivity index (χ3v) is 6.84. The van der Waals surface area contributed by atoms with Crippen LogP contribution in [0.15, 0.2) is 103 Å². The Kier molecular flexibility index (Phi) is 8.19. The van der Waals surface area contributed by atoms with E-state index in [0.29, 0.717) is 6.54 Å². The predicted octanol–water partition coefficient (Wildman–Crippen LogP) is 7.45. The van der Waals surface area contributed by atoms with E-state index < -0.39 is 5.97 Å². The fraction of sp³-hybridized carbons (Fsp3) is 0.219. The highest BCUT2D eigenvalue weighted by molar-refractivity contribution is 5.71. The van der Waals surface area contributed by atoms with Crippen molar-refractivity contribution in [3.63, 3.8) is 0 Å². The van der Waals surface area contributed by atoms with Crippen molar-refractivity contribution >= 4 is 5.97 Å². The van der Waals surface area contributed by atoms with Crippen LogP contribution in [0.5, 0.6) is 5.75 Å². The van der Waals surface area contributed by atoms with Crippen molar-refractivity contribution in [2.45, 2.75) is 38.9 Å². The molecular weight excluding hydrogens is 446 g/mol. The summed E-state index contributed by atoms with van der Waals surface area (Å²) in [5, 5.41) is 9.97. The summed E-state index contributed by atoms with van der Waals surface area (Å²) < 4.78 is 5.54. The van der Waals surface area contributed by atoms with Crippen molar-refractivity contribution in [3.8, 4) is 16.9 Å². The van der Waals surface area contributed by atoms with Crippen molar-refractivity contribution in [2.75, 3.05) is 7.11 Å². The minimum absolute atomic E-state index is 0.00452. The van der Waals surface area contributed by atoms with E-state index in [2.05, 4.69) is 61.2 Å². The maximum absolute atomic E-state index is 12.1. The molecule has 4 heteroatoms. The Morgan fingerprint density at radius 1 is 0.861 bits per heavy atom. The molecule has 2 atom stereocenters. The second-order valence-electron chi connectivity index (χ2n) is 9.12. The van der Waals surface area contributed by atoms with Crippen LogP contribution in [0.25, 0.3) is 11.1 Å². The molecule has 0 heterocycles. The number of methoxy groups -OCH3 is 1. The topological polar surface area (TPSA) is 49.8 Å². The first kappa shape index (κ1) is 25.2. The number of benzene rings is 4. The summed E-state index contributed by atoms with van der Waals surface area (Å²) in [7, 11) is 1.68. The van der Waals surface area contributed by atoms with Gasteiger partial charge in [0.05, 0.1) is 13.5 Å². The van der Waals surface area contributed by atoms with Crippen LogP contribution < -0.4 is 4.74 Å². The molecule has 0 radical (unpaired) electrons. The summed E-state index contributed by atoms with van der Waals surface area (Å²) in [6, 6.07) is 34.5. The van der Waals surface area contributed by atoms with Crippen LogP contribution in [0.1, 0.15) is 47.7 Å². The van der Waals surface area contributed by atoms with E-state index in [-0.39, 0.29) is 18.5 Å². The Morgan fingerprint density at radius 3 is 2.17 bits per heavy atom. The Labute approximate surface area is 213 Å². The molecule has 4 aromatic rings. The molecule has 184 valence electrons. The first-order valence-corrected chi connectivity index (χ1v) is 12.3. The fourth-order valence-corrected chi connectivity index (χ4v) is 4.89. The van der Waals surface area contributed by atoms with Gasteiger partial charge in [0.2, 0.25) is 0 Å². The lowest BCUT2D eigenvalue weighted by atomic mass is 9.92. The van der Waals surface area contributed by atoms with Gasteiger partial charge in [0.25, 0.3) is 0 Å². The second-order valence-corrected chi connectivity index (χ2v) is 9.12. The lowest BCUT2D eigenvalue weighted by Gasteiger charge is -2.37. The molecule has 4 rings (SSSR count). The highest BCUT2D eigenvalue weighted by Gasteiger charge is 2.28. The summed E-state index contributed by atoms with van der Waals surface area (Å²) in [6.07, 6.45) is 0.00452. The first-order valence-electron chi connectivity index (χ1n) is 12.3. The van der Waals surface area contributed by atoms with Gasteiger partial charge in [0.1, 0.15) is 5.75 Å². The SMILES string of the molecule is COc1cccc(-c2cccc(C(CC(=O)O)N(Cc3ccccc3)[C@H](C)c3ccccc3)c2)c1C. The lowest BCUT2D eigenvalue weighted by Crippen LogP contribution is -2.32. The normalized spacial score (nSPS) is 12.8. The number of rotatable bonds is 10. The standard InChI is InChI=1S/C32H33NO3/c1-23-29(18-11-19-31(23)36-3)27-16-10-17-28(20-27)30(21-32(34)35)33(22-25-12-6-4-7-13-25)24(2)26-14-8-5-9-15-26/h4-20,24,30H,21-22H2,1-3H3,(H,34,35)/t24-,30?/m1/s1. The number of ether oxygens (including phenoxy) is 1. The molecule has 0 saturated heterocycles. The monoisotopic (exact) mass is 479 g/mol. The van der Waals surface area contributed by atoms with Gasteiger partial charge >= 0.3 is 5.97 Å². The fourth-order valence-electron chi connectivity index (χ4n) is 4.89. The third-order valence-electron chi connectivity index (χ3n) is 6.84. The van der Waals surface area contributed by atoms with E-state index in [9.17, 15) is 9.90 Å². The number of carbonyl (C=O) groups is 1. The van der Waals surface area contributed by atoms with E-state index >= 15 is 0 Å². The zero-order valence-corrected chi connectivity index (χ0v) is 21.1. The summed E-state index contributed by atoms with van der Waals surface area (Å²) in [5.41, 5.74) is 6.47. The van der Waals surface area contributed by atoms with Gasteiger partial charge in [0.15, 0.2) is 0 Å². The molecule has 0 spiro atoms. The van der Waals surface area contributed by atoms with E-state index in [4.69, 9.17) is 4.74 Å². The van der Waals surface area contributed by atoms with Gasteiger partial charge < -0.3 is 9.84 Å². The van der Waals surface area contributed by atoms with Crippen LogP contribution in [0.2, 0.25) is 0 Å². The number of carboxylic acid groups (broad SMARTS) is 1. The highest BCUT2D eigenvalue weighted by Crippen LogP contribution is 2.37. The molecule has 0 aliphatic rings. The summed E-state index contributed by atoms with van der Waals surface area (Å²) >= 11 is 0. The van der Waals surface area contributed by atoms with Crippen molar-refractivity contribution in [2.24, 2.45) is 0 Å². The second kappa shape index (κ2) is 11.7. The number of hydrogen-bond acceptors (Lipinski definition) is 3. The van der Waals surface area contributed by atoms with Gasteiger partial charge in [-0.05, 0) is 59.4 Å². The molecule has 4 nitrogen and oxygen atoms in total. The van der Waals surface area contributed by atoms with Crippen molar-refractivity contribution in [1.29, 1.82) is 0 Å². The Balaban J connectivity index is 1.80. The van der Waals surface area contributed by atoms with Gasteiger partial charge in [0, 0.05) is 18.6 Å². The van der Waals surface area contributed by atoms with E-state index in [0.717, 1.165) is 39.1 Å². The van der Waals surface area contributed by atoms with Gasteiger partial charge in [-0.3, -0.25) is 9.69 Å². The van der Waals surface area contributed by atoms with Crippen LogP contribution >= 0.6 is 0 Å². The van der Waals surface area contributed by atoms with Crippen LogP contribution in [0.3, 0.4) is 0 Å². The minimum atomic E-state index is -0.818. The molecule has 0 aliphatic heterocycles. The number of hydrogen-bond donors (Lipinski definition) is 1. The molecule has 0 aromatic heterocycles. The molecule has 0 aliphatic carbocycles. The van der Waals surface area contributed by atoms with Crippen LogP contribution in [0, 0.1) is 6.92 Å². The largest absolute Gasteiger partial charge is 0.496 e. The zero-order valence-electron chi connectivity index (χ0n) is 21.1. The molecule has 4 aromatic carbocycles. The Bertz CT molecular complexity index is 1290. The maximum atomic E-state index is 12.1. The average molecular weight is 480 g/mol. The maximum Gasteiger partial charge on any atom is 0.305 e. The van der Waals surface area contributed by atoms with Crippen molar-refractivity contribution in [3.05, 3.63) is 125 Å². The molecule has 0 fully saturated rings. The summed E-state index contributed by atoms with van der Waals surface area (Å²) in [6.45, 7) is 4.84. The molecule has 0 bridgehead atoms. The number of nitrogens with zero attached hydrogens (tertiary/aromatic N) is 1. The highest BCUT2D eigenvalue weighted by atomic mass is 16.5. The third kappa shape index (κ3) is 5.84. The van der Waals surface area contributed by atoms with Gasteiger partial charge in [-0.15, -0.1) is 0 Å². The molecule has 1 N–H and O–H groups in total. The molecular formula is C32H33NO3. The Hall–Kier alpha value is -3.89. The number of carboxylic acids is 1. The molecule has 0 amide bonds.